The third-order valence-electron chi connectivity index (χ3n) is 3.46. The molecule has 5 nitrogen and oxygen atoms in total. The Balaban J connectivity index is 1.84. The summed E-state index contributed by atoms with van der Waals surface area (Å²) >= 11 is 3.38. The highest BCUT2D eigenvalue weighted by Gasteiger charge is 2.29. The van der Waals surface area contributed by atoms with Crippen LogP contribution in [0.2, 0.25) is 0 Å². The molecular formula is C13H13BrN2O3S. The Morgan fingerprint density at radius 2 is 2.20 bits per heavy atom. The summed E-state index contributed by atoms with van der Waals surface area (Å²) in [6.45, 7) is 0. The monoisotopic (exact) mass is 356 g/mol. The molecule has 0 aliphatic carbocycles. The summed E-state index contributed by atoms with van der Waals surface area (Å²) in [5.74, 6) is -0.0567. The SMILES string of the molecule is O=C(NC1CCS(=O)(=O)C1)c1c[nH]c2ccc(Br)cc12. The number of benzene rings is 1. The van der Waals surface area contributed by atoms with Crippen LogP contribution in [0.15, 0.2) is 28.9 Å². The molecule has 1 aliphatic heterocycles. The second kappa shape index (κ2) is 4.89. The van der Waals surface area contributed by atoms with Crippen molar-refractivity contribution in [3.63, 3.8) is 0 Å². The molecule has 2 heterocycles. The lowest BCUT2D eigenvalue weighted by Gasteiger charge is -2.10. The quantitative estimate of drug-likeness (QED) is 0.861. The van der Waals surface area contributed by atoms with Crippen LogP contribution in [-0.2, 0) is 9.84 Å². The Labute approximate surface area is 124 Å². The van der Waals surface area contributed by atoms with E-state index in [0.29, 0.717) is 12.0 Å². The normalized spacial score (nSPS) is 21.1. The standard InChI is InChI=1S/C13H13BrN2O3S/c14-8-1-2-12-10(5-8)11(6-15-12)13(17)16-9-3-4-20(18,19)7-9/h1-2,5-6,9,15H,3-4,7H2,(H,16,17). The lowest BCUT2D eigenvalue weighted by atomic mass is 10.1. The van der Waals surface area contributed by atoms with Gasteiger partial charge in [-0.3, -0.25) is 4.79 Å². The summed E-state index contributed by atoms with van der Waals surface area (Å²) in [4.78, 5) is 15.3. The van der Waals surface area contributed by atoms with Gasteiger partial charge in [-0.1, -0.05) is 15.9 Å². The first-order chi connectivity index (χ1) is 9.44. The summed E-state index contributed by atoms with van der Waals surface area (Å²) in [5.41, 5.74) is 1.41. The number of aromatic amines is 1. The topological polar surface area (TPSA) is 79.0 Å². The number of hydrogen-bond donors (Lipinski definition) is 2. The first-order valence-corrected chi connectivity index (χ1v) is 8.84. The molecule has 1 fully saturated rings. The zero-order valence-electron chi connectivity index (χ0n) is 10.5. The minimum Gasteiger partial charge on any atom is -0.360 e. The van der Waals surface area contributed by atoms with Crippen LogP contribution < -0.4 is 5.32 Å². The molecule has 106 valence electrons. The number of rotatable bonds is 2. The Morgan fingerprint density at radius 1 is 1.40 bits per heavy atom. The molecule has 1 unspecified atom stereocenters. The van der Waals surface area contributed by atoms with Crippen molar-refractivity contribution < 1.29 is 13.2 Å². The number of hydrogen-bond acceptors (Lipinski definition) is 3. The van der Waals surface area contributed by atoms with E-state index >= 15 is 0 Å². The number of nitrogens with one attached hydrogen (secondary N) is 2. The van der Waals surface area contributed by atoms with Crippen molar-refractivity contribution in [1.29, 1.82) is 0 Å². The maximum Gasteiger partial charge on any atom is 0.253 e. The second-order valence-corrected chi connectivity index (χ2v) is 8.11. The zero-order valence-corrected chi connectivity index (χ0v) is 12.9. The number of amides is 1. The van der Waals surface area contributed by atoms with E-state index < -0.39 is 9.84 Å². The number of fused-ring (bicyclic) bond motifs is 1. The van der Waals surface area contributed by atoms with Gasteiger partial charge in [0.15, 0.2) is 9.84 Å². The molecule has 20 heavy (non-hydrogen) atoms. The summed E-state index contributed by atoms with van der Waals surface area (Å²) in [6, 6.07) is 5.36. The number of H-pyrrole nitrogens is 1. The van der Waals surface area contributed by atoms with E-state index in [9.17, 15) is 13.2 Å². The summed E-state index contributed by atoms with van der Waals surface area (Å²) in [6.07, 6.45) is 2.13. The Morgan fingerprint density at radius 3 is 2.90 bits per heavy atom. The van der Waals surface area contributed by atoms with Crippen molar-refractivity contribution in [1.82, 2.24) is 10.3 Å². The molecule has 0 radical (unpaired) electrons. The van der Waals surface area contributed by atoms with Crippen LogP contribution in [0.3, 0.4) is 0 Å². The highest BCUT2D eigenvalue weighted by molar-refractivity contribution is 9.10. The van der Waals surface area contributed by atoms with E-state index in [1.165, 1.54) is 0 Å². The molecule has 1 saturated heterocycles. The predicted molar refractivity (Wildman–Crippen MR) is 80.5 cm³/mol. The molecular weight excluding hydrogens is 344 g/mol. The van der Waals surface area contributed by atoms with E-state index in [-0.39, 0.29) is 23.5 Å². The van der Waals surface area contributed by atoms with Gasteiger partial charge in [-0.2, -0.15) is 0 Å². The summed E-state index contributed by atoms with van der Waals surface area (Å²) in [5, 5.41) is 3.61. The molecule has 1 atom stereocenters. The summed E-state index contributed by atoms with van der Waals surface area (Å²) in [7, 11) is -2.99. The van der Waals surface area contributed by atoms with Gasteiger partial charge in [-0.25, -0.2) is 8.42 Å². The van der Waals surface area contributed by atoms with E-state index in [1.807, 2.05) is 18.2 Å². The molecule has 1 aromatic carbocycles. The maximum absolute atomic E-state index is 12.3. The average Bonchev–Trinajstić information content (AvgIpc) is 2.92. The third kappa shape index (κ3) is 2.60. The van der Waals surface area contributed by atoms with E-state index in [4.69, 9.17) is 0 Å². The van der Waals surface area contributed by atoms with E-state index in [0.717, 1.165) is 15.4 Å². The van der Waals surface area contributed by atoms with Crippen LogP contribution in [0.4, 0.5) is 0 Å². The van der Waals surface area contributed by atoms with Crippen LogP contribution in [-0.4, -0.2) is 36.9 Å². The fraction of sp³-hybridized carbons (Fsp3) is 0.308. The lowest BCUT2D eigenvalue weighted by molar-refractivity contribution is 0.0943. The van der Waals surface area contributed by atoms with Crippen molar-refractivity contribution in [2.45, 2.75) is 12.5 Å². The maximum atomic E-state index is 12.3. The predicted octanol–water partition coefficient (Wildman–Crippen LogP) is 1.85. The highest BCUT2D eigenvalue weighted by atomic mass is 79.9. The van der Waals surface area contributed by atoms with Crippen molar-refractivity contribution in [3.05, 3.63) is 34.4 Å². The van der Waals surface area contributed by atoms with Crippen molar-refractivity contribution in [3.8, 4) is 0 Å². The highest BCUT2D eigenvalue weighted by Crippen LogP contribution is 2.23. The van der Waals surface area contributed by atoms with Gasteiger partial charge in [0.25, 0.3) is 5.91 Å². The Hall–Kier alpha value is -1.34. The average molecular weight is 357 g/mol. The van der Waals surface area contributed by atoms with Gasteiger partial charge in [0.1, 0.15) is 0 Å². The molecule has 1 amide bonds. The minimum atomic E-state index is -2.99. The minimum absolute atomic E-state index is 0.0325. The summed E-state index contributed by atoms with van der Waals surface area (Å²) < 4.78 is 23.7. The molecule has 3 rings (SSSR count). The smallest absolute Gasteiger partial charge is 0.253 e. The van der Waals surface area contributed by atoms with Crippen LogP contribution in [0.25, 0.3) is 10.9 Å². The molecule has 7 heteroatoms. The Kier molecular flexibility index (Phi) is 3.33. The van der Waals surface area contributed by atoms with Gasteiger partial charge in [-0.05, 0) is 24.6 Å². The first-order valence-electron chi connectivity index (χ1n) is 6.22. The van der Waals surface area contributed by atoms with Crippen molar-refractivity contribution in [2.24, 2.45) is 0 Å². The Bertz CT molecular complexity index is 782. The lowest BCUT2D eigenvalue weighted by Crippen LogP contribution is -2.35. The second-order valence-electron chi connectivity index (χ2n) is 4.97. The van der Waals surface area contributed by atoms with Crippen LogP contribution >= 0.6 is 15.9 Å². The first kappa shape index (κ1) is 13.6. The number of carbonyl (C=O) groups is 1. The number of aromatic nitrogens is 1. The zero-order chi connectivity index (χ0) is 14.3. The molecule has 0 spiro atoms. The van der Waals surface area contributed by atoms with Gasteiger partial charge >= 0.3 is 0 Å². The third-order valence-corrected chi connectivity index (χ3v) is 5.72. The van der Waals surface area contributed by atoms with Gasteiger partial charge in [0.05, 0.1) is 17.1 Å². The molecule has 2 aromatic rings. The molecule has 0 saturated carbocycles. The van der Waals surface area contributed by atoms with Gasteiger partial charge in [-0.15, -0.1) is 0 Å². The van der Waals surface area contributed by atoms with Crippen LogP contribution in [0.5, 0.6) is 0 Å². The van der Waals surface area contributed by atoms with Gasteiger partial charge in [0, 0.05) is 27.6 Å². The fourth-order valence-corrected chi connectivity index (χ4v) is 4.49. The molecule has 1 aliphatic rings. The molecule has 1 aromatic heterocycles. The van der Waals surface area contributed by atoms with Crippen molar-refractivity contribution in [2.75, 3.05) is 11.5 Å². The van der Waals surface area contributed by atoms with E-state index in [2.05, 4.69) is 26.2 Å². The van der Waals surface area contributed by atoms with Crippen LogP contribution in [0, 0.1) is 0 Å². The molecule has 0 bridgehead atoms. The molecule has 2 N–H and O–H groups in total. The van der Waals surface area contributed by atoms with Crippen molar-refractivity contribution >= 4 is 42.6 Å². The van der Waals surface area contributed by atoms with Gasteiger partial charge in [0.2, 0.25) is 0 Å². The number of halogens is 1. The number of carbonyl (C=O) groups excluding carboxylic acids is 1. The van der Waals surface area contributed by atoms with E-state index in [1.54, 1.807) is 6.20 Å². The van der Waals surface area contributed by atoms with Crippen LogP contribution in [0.1, 0.15) is 16.8 Å². The van der Waals surface area contributed by atoms with Gasteiger partial charge < -0.3 is 10.3 Å². The number of sulfone groups is 1. The fourth-order valence-electron chi connectivity index (χ4n) is 2.45. The largest absolute Gasteiger partial charge is 0.360 e.